The van der Waals surface area contributed by atoms with Gasteiger partial charge in [-0.3, -0.25) is 4.99 Å². The Morgan fingerprint density at radius 3 is 2.56 bits per heavy atom. The van der Waals surface area contributed by atoms with Crippen LogP contribution in [-0.4, -0.2) is 51.5 Å². The van der Waals surface area contributed by atoms with Gasteiger partial charge in [-0.15, -0.1) is 24.0 Å². The average Bonchev–Trinajstić information content (AvgIpc) is 2.65. The standard InChI is InChI=1S/C19H31N3O2.HI/c1-3-20-18(21-13-7-10-17-8-5-4-6-9-17)22-16-19(23-2)11-14-24-15-12-19;/h4-6,8-9H,3,7,10-16H2,1-2H3,(H2,20,21,22);1H. The van der Waals surface area contributed by atoms with Crippen molar-refractivity contribution in [3.63, 3.8) is 0 Å². The molecule has 0 bridgehead atoms. The van der Waals surface area contributed by atoms with Crippen molar-refractivity contribution < 1.29 is 9.47 Å². The first-order valence-corrected chi connectivity index (χ1v) is 8.97. The normalized spacial score (nSPS) is 16.8. The number of halogens is 1. The average molecular weight is 461 g/mol. The number of aryl methyl sites for hydroxylation is 1. The van der Waals surface area contributed by atoms with E-state index in [9.17, 15) is 0 Å². The molecule has 25 heavy (non-hydrogen) atoms. The third-order valence-electron chi connectivity index (χ3n) is 4.48. The second-order valence-corrected chi connectivity index (χ2v) is 6.21. The maximum atomic E-state index is 5.75. The number of ether oxygens (including phenoxy) is 2. The molecule has 0 saturated carbocycles. The van der Waals surface area contributed by atoms with E-state index in [2.05, 4.69) is 47.9 Å². The molecule has 2 rings (SSSR count). The number of nitrogens with zero attached hydrogens (tertiary/aromatic N) is 1. The van der Waals surface area contributed by atoms with Crippen LogP contribution in [0.5, 0.6) is 0 Å². The Labute approximate surface area is 169 Å². The lowest BCUT2D eigenvalue weighted by atomic mass is 9.94. The highest BCUT2D eigenvalue weighted by Crippen LogP contribution is 2.24. The molecule has 2 N–H and O–H groups in total. The first-order valence-electron chi connectivity index (χ1n) is 8.97. The van der Waals surface area contributed by atoms with Gasteiger partial charge in [-0.05, 0) is 25.3 Å². The van der Waals surface area contributed by atoms with Crippen molar-refractivity contribution in [2.75, 3.05) is 40.0 Å². The summed E-state index contributed by atoms with van der Waals surface area (Å²) in [6, 6.07) is 10.6. The minimum Gasteiger partial charge on any atom is -0.381 e. The number of guanidine groups is 1. The first-order chi connectivity index (χ1) is 11.8. The number of nitrogens with one attached hydrogen (secondary N) is 2. The summed E-state index contributed by atoms with van der Waals surface area (Å²) in [5.74, 6) is 0.869. The molecule has 6 heteroatoms. The van der Waals surface area contributed by atoms with E-state index in [0.717, 1.165) is 57.9 Å². The highest BCUT2D eigenvalue weighted by atomic mass is 127. The van der Waals surface area contributed by atoms with Crippen LogP contribution in [0.25, 0.3) is 0 Å². The summed E-state index contributed by atoms with van der Waals surface area (Å²) < 4.78 is 11.2. The Balaban J connectivity index is 0.00000312. The monoisotopic (exact) mass is 461 g/mol. The van der Waals surface area contributed by atoms with Crippen molar-refractivity contribution in [1.82, 2.24) is 10.6 Å². The molecule has 0 aromatic heterocycles. The Hall–Kier alpha value is -0.860. The van der Waals surface area contributed by atoms with Crippen molar-refractivity contribution in [2.45, 2.75) is 38.2 Å². The summed E-state index contributed by atoms with van der Waals surface area (Å²) in [6.45, 7) is 6.02. The first kappa shape index (κ1) is 22.2. The fourth-order valence-corrected chi connectivity index (χ4v) is 2.88. The van der Waals surface area contributed by atoms with Crippen LogP contribution < -0.4 is 10.6 Å². The molecular formula is C19H32IN3O2. The van der Waals surface area contributed by atoms with E-state index in [-0.39, 0.29) is 29.6 Å². The van der Waals surface area contributed by atoms with Crippen molar-refractivity contribution in [2.24, 2.45) is 4.99 Å². The van der Waals surface area contributed by atoms with Crippen LogP contribution in [0.1, 0.15) is 31.7 Å². The molecular weight excluding hydrogens is 429 g/mol. The van der Waals surface area contributed by atoms with Gasteiger partial charge < -0.3 is 20.1 Å². The van der Waals surface area contributed by atoms with E-state index in [1.165, 1.54) is 5.56 Å². The molecule has 142 valence electrons. The van der Waals surface area contributed by atoms with Crippen LogP contribution in [0.4, 0.5) is 0 Å². The van der Waals surface area contributed by atoms with Gasteiger partial charge >= 0.3 is 0 Å². The third kappa shape index (κ3) is 7.92. The lowest BCUT2D eigenvalue weighted by Crippen LogP contribution is -2.44. The molecule has 1 aromatic rings. The molecule has 0 atom stereocenters. The fourth-order valence-electron chi connectivity index (χ4n) is 2.88. The minimum absolute atomic E-state index is 0. The quantitative estimate of drug-likeness (QED) is 0.271. The molecule has 0 amide bonds. The van der Waals surface area contributed by atoms with Gasteiger partial charge in [-0.1, -0.05) is 30.3 Å². The second kappa shape index (κ2) is 12.5. The third-order valence-corrected chi connectivity index (χ3v) is 4.48. The lowest BCUT2D eigenvalue weighted by molar-refractivity contribution is -0.0828. The molecule has 1 aliphatic rings. The highest BCUT2D eigenvalue weighted by Gasteiger charge is 2.32. The minimum atomic E-state index is -0.176. The predicted molar refractivity (Wildman–Crippen MR) is 114 cm³/mol. The van der Waals surface area contributed by atoms with E-state index < -0.39 is 0 Å². The number of hydrogen-bond acceptors (Lipinski definition) is 3. The van der Waals surface area contributed by atoms with Crippen LogP contribution in [0.3, 0.4) is 0 Å². The Morgan fingerprint density at radius 1 is 1.20 bits per heavy atom. The zero-order chi connectivity index (χ0) is 17.1. The fraction of sp³-hybridized carbons (Fsp3) is 0.632. The van der Waals surface area contributed by atoms with Crippen LogP contribution in [0.2, 0.25) is 0 Å². The van der Waals surface area contributed by atoms with Crippen LogP contribution in [-0.2, 0) is 15.9 Å². The summed E-state index contributed by atoms with van der Waals surface area (Å²) in [6.07, 6.45) is 3.96. The van der Waals surface area contributed by atoms with E-state index in [0.29, 0.717) is 6.54 Å². The molecule has 1 aromatic carbocycles. The smallest absolute Gasteiger partial charge is 0.191 e. The largest absolute Gasteiger partial charge is 0.381 e. The molecule has 0 radical (unpaired) electrons. The SMILES string of the molecule is CCNC(=NCC1(OC)CCOCC1)NCCCc1ccccc1.I. The number of methoxy groups -OCH3 is 1. The maximum absolute atomic E-state index is 5.75. The van der Waals surface area contributed by atoms with Gasteiger partial charge in [-0.2, -0.15) is 0 Å². The van der Waals surface area contributed by atoms with Crippen LogP contribution in [0.15, 0.2) is 35.3 Å². The van der Waals surface area contributed by atoms with E-state index in [4.69, 9.17) is 14.5 Å². The van der Waals surface area contributed by atoms with Crippen molar-refractivity contribution in [1.29, 1.82) is 0 Å². The summed E-state index contributed by atoms with van der Waals surface area (Å²) >= 11 is 0. The Bertz CT molecular complexity index is 491. The molecule has 0 aliphatic carbocycles. The van der Waals surface area contributed by atoms with Gasteiger partial charge in [0.05, 0.1) is 12.1 Å². The van der Waals surface area contributed by atoms with Gasteiger partial charge in [-0.25, -0.2) is 0 Å². The van der Waals surface area contributed by atoms with Gasteiger partial charge in [0.1, 0.15) is 0 Å². The van der Waals surface area contributed by atoms with E-state index in [1.807, 2.05) is 0 Å². The Kier molecular flexibility index (Phi) is 11.1. The second-order valence-electron chi connectivity index (χ2n) is 6.21. The summed E-state index contributed by atoms with van der Waals surface area (Å²) in [4.78, 5) is 4.74. The van der Waals surface area contributed by atoms with E-state index in [1.54, 1.807) is 7.11 Å². The van der Waals surface area contributed by atoms with Crippen LogP contribution >= 0.6 is 24.0 Å². The van der Waals surface area contributed by atoms with E-state index >= 15 is 0 Å². The maximum Gasteiger partial charge on any atom is 0.191 e. The summed E-state index contributed by atoms with van der Waals surface area (Å²) in [7, 11) is 1.78. The Morgan fingerprint density at radius 2 is 1.92 bits per heavy atom. The topological polar surface area (TPSA) is 54.9 Å². The summed E-state index contributed by atoms with van der Waals surface area (Å²) in [5.41, 5.74) is 1.20. The number of hydrogen-bond donors (Lipinski definition) is 2. The van der Waals surface area contributed by atoms with Crippen molar-refractivity contribution in [3.8, 4) is 0 Å². The van der Waals surface area contributed by atoms with Gasteiger partial charge in [0, 0.05) is 46.3 Å². The molecule has 1 fully saturated rings. The molecule has 1 aliphatic heterocycles. The van der Waals surface area contributed by atoms with Crippen LogP contribution in [0, 0.1) is 0 Å². The van der Waals surface area contributed by atoms with Gasteiger partial charge in [0.15, 0.2) is 5.96 Å². The van der Waals surface area contributed by atoms with Crippen molar-refractivity contribution >= 4 is 29.9 Å². The lowest BCUT2D eigenvalue weighted by Gasteiger charge is -2.34. The zero-order valence-electron chi connectivity index (χ0n) is 15.4. The molecule has 1 heterocycles. The van der Waals surface area contributed by atoms with Crippen molar-refractivity contribution in [3.05, 3.63) is 35.9 Å². The number of benzene rings is 1. The predicted octanol–water partition coefficient (Wildman–Crippen LogP) is 2.99. The highest BCUT2D eigenvalue weighted by molar-refractivity contribution is 14.0. The van der Waals surface area contributed by atoms with Gasteiger partial charge in [0.2, 0.25) is 0 Å². The van der Waals surface area contributed by atoms with Gasteiger partial charge in [0.25, 0.3) is 0 Å². The molecule has 5 nitrogen and oxygen atoms in total. The molecule has 0 spiro atoms. The summed E-state index contributed by atoms with van der Waals surface area (Å²) in [5, 5.41) is 6.74. The molecule has 1 saturated heterocycles. The molecule has 0 unspecified atom stereocenters. The zero-order valence-corrected chi connectivity index (χ0v) is 17.8. The number of rotatable bonds is 8. The number of aliphatic imine (C=N–C) groups is 1.